The summed E-state index contributed by atoms with van der Waals surface area (Å²) in [6.07, 6.45) is 6.27. The first kappa shape index (κ1) is 22.8. The lowest BCUT2D eigenvalue weighted by molar-refractivity contribution is -0.136. The van der Waals surface area contributed by atoms with Crippen molar-refractivity contribution in [3.63, 3.8) is 0 Å². The quantitative estimate of drug-likeness (QED) is 0.663. The van der Waals surface area contributed by atoms with Gasteiger partial charge in [0.25, 0.3) is 0 Å². The monoisotopic (exact) mass is 417 g/mol. The summed E-state index contributed by atoms with van der Waals surface area (Å²) in [5.41, 5.74) is 4.31. The number of nitrogens with one attached hydrogen (secondary N) is 2. The number of halogens is 1. The average Bonchev–Trinajstić information content (AvgIpc) is 2.69. The number of nitrogens with zero attached hydrogens (tertiary/aromatic N) is 1. The maximum absolute atomic E-state index is 12.6. The Kier molecular flexibility index (Phi) is 9.09. The Bertz CT molecular complexity index is 773. The first-order valence-corrected chi connectivity index (χ1v) is 9.77. The predicted molar refractivity (Wildman–Crippen MR) is 114 cm³/mol. The van der Waals surface area contributed by atoms with E-state index in [4.69, 9.17) is 4.84 Å². The molecule has 1 saturated carbocycles. The van der Waals surface area contributed by atoms with Gasteiger partial charge in [-0.15, -0.1) is 12.4 Å². The van der Waals surface area contributed by atoms with Crippen molar-refractivity contribution >= 4 is 29.9 Å². The summed E-state index contributed by atoms with van der Waals surface area (Å²) in [6.45, 7) is 2.44. The maximum Gasteiger partial charge on any atom is 0.243 e. The van der Waals surface area contributed by atoms with E-state index in [2.05, 4.69) is 22.7 Å². The summed E-state index contributed by atoms with van der Waals surface area (Å²) < 4.78 is 0. The highest BCUT2D eigenvalue weighted by molar-refractivity contribution is 5.92. The lowest BCUT2D eigenvalue weighted by Crippen LogP contribution is -2.35. The number of hydrogen-bond acceptors (Lipinski definition) is 4. The van der Waals surface area contributed by atoms with Gasteiger partial charge in [0.1, 0.15) is 0 Å². The van der Waals surface area contributed by atoms with Crippen LogP contribution in [0.15, 0.2) is 54.9 Å². The van der Waals surface area contributed by atoms with Crippen LogP contribution in [0.25, 0.3) is 0 Å². The molecular weight excluding hydrogens is 390 g/mol. The van der Waals surface area contributed by atoms with Crippen molar-refractivity contribution in [3.05, 3.63) is 60.4 Å². The second-order valence-electron chi connectivity index (χ2n) is 7.49. The third-order valence-corrected chi connectivity index (χ3v) is 5.30. The fourth-order valence-corrected chi connectivity index (χ4v) is 3.83. The molecule has 1 aliphatic rings. The van der Waals surface area contributed by atoms with Crippen LogP contribution in [0.4, 0.5) is 5.69 Å². The van der Waals surface area contributed by atoms with Gasteiger partial charge in [-0.3, -0.25) is 19.4 Å². The summed E-state index contributed by atoms with van der Waals surface area (Å²) in [6, 6.07) is 13.3. The van der Waals surface area contributed by atoms with Crippen LogP contribution < -0.4 is 10.8 Å². The third-order valence-electron chi connectivity index (χ3n) is 5.30. The van der Waals surface area contributed by atoms with E-state index >= 15 is 0 Å². The molecule has 0 spiro atoms. The molecule has 7 heteroatoms. The van der Waals surface area contributed by atoms with Crippen molar-refractivity contribution in [1.82, 2.24) is 10.5 Å². The zero-order valence-electron chi connectivity index (χ0n) is 16.5. The van der Waals surface area contributed by atoms with E-state index in [9.17, 15) is 9.59 Å². The van der Waals surface area contributed by atoms with Crippen molar-refractivity contribution < 1.29 is 14.4 Å². The SMILES string of the molecule is CC1CC(CC(=O)NOCc2ccccc2)CCC1C(=O)Nc1ccncc1.Cl. The number of amides is 2. The van der Waals surface area contributed by atoms with E-state index in [1.807, 2.05) is 30.3 Å². The van der Waals surface area contributed by atoms with E-state index in [1.165, 1.54) is 0 Å². The van der Waals surface area contributed by atoms with E-state index in [0.29, 0.717) is 13.0 Å². The molecule has 2 aromatic rings. The highest BCUT2D eigenvalue weighted by Crippen LogP contribution is 2.36. The molecule has 2 amide bonds. The Morgan fingerprint density at radius 2 is 1.83 bits per heavy atom. The van der Waals surface area contributed by atoms with Crippen LogP contribution in [-0.4, -0.2) is 16.8 Å². The molecule has 156 valence electrons. The number of hydroxylamine groups is 1. The molecule has 1 fully saturated rings. The van der Waals surface area contributed by atoms with Crippen LogP contribution in [0.1, 0.15) is 38.2 Å². The van der Waals surface area contributed by atoms with Crippen LogP contribution >= 0.6 is 12.4 Å². The second-order valence-corrected chi connectivity index (χ2v) is 7.49. The minimum atomic E-state index is -0.104. The molecule has 3 unspecified atom stereocenters. The Hall–Kier alpha value is -2.44. The highest BCUT2D eigenvalue weighted by atomic mass is 35.5. The smallest absolute Gasteiger partial charge is 0.243 e. The lowest BCUT2D eigenvalue weighted by atomic mass is 9.73. The molecule has 3 atom stereocenters. The molecule has 0 saturated heterocycles. The molecule has 1 heterocycles. The Morgan fingerprint density at radius 1 is 1.10 bits per heavy atom. The van der Waals surface area contributed by atoms with E-state index in [1.54, 1.807) is 24.5 Å². The van der Waals surface area contributed by atoms with Crippen molar-refractivity contribution in [1.29, 1.82) is 0 Å². The number of rotatable bonds is 7. The summed E-state index contributed by atoms with van der Waals surface area (Å²) in [4.78, 5) is 34.0. The fourth-order valence-electron chi connectivity index (χ4n) is 3.83. The maximum atomic E-state index is 12.6. The van der Waals surface area contributed by atoms with Crippen LogP contribution in [0.2, 0.25) is 0 Å². The summed E-state index contributed by atoms with van der Waals surface area (Å²) in [5, 5.41) is 2.96. The number of aromatic nitrogens is 1. The molecule has 1 aromatic heterocycles. The van der Waals surface area contributed by atoms with Gasteiger partial charge in [-0.1, -0.05) is 37.3 Å². The van der Waals surface area contributed by atoms with Crippen molar-refractivity contribution in [2.45, 2.75) is 39.2 Å². The van der Waals surface area contributed by atoms with Gasteiger partial charge in [0.2, 0.25) is 11.8 Å². The molecule has 29 heavy (non-hydrogen) atoms. The van der Waals surface area contributed by atoms with E-state index < -0.39 is 0 Å². The van der Waals surface area contributed by atoms with E-state index in [0.717, 1.165) is 30.5 Å². The van der Waals surface area contributed by atoms with Crippen molar-refractivity contribution in [2.24, 2.45) is 17.8 Å². The van der Waals surface area contributed by atoms with Gasteiger partial charge in [-0.05, 0) is 48.8 Å². The highest BCUT2D eigenvalue weighted by Gasteiger charge is 2.33. The van der Waals surface area contributed by atoms with Gasteiger partial charge in [-0.2, -0.15) is 0 Å². The number of hydrogen-bond donors (Lipinski definition) is 2. The number of pyridine rings is 1. The first-order chi connectivity index (χ1) is 13.6. The first-order valence-electron chi connectivity index (χ1n) is 9.77. The lowest BCUT2D eigenvalue weighted by Gasteiger charge is -2.33. The molecule has 1 aliphatic carbocycles. The topological polar surface area (TPSA) is 80.3 Å². The van der Waals surface area contributed by atoms with Gasteiger partial charge < -0.3 is 5.32 Å². The van der Waals surface area contributed by atoms with Crippen LogP contribution in [-0.2, 0) is 21.0 Å². The zero-order chi connectivity index (χ0) is 19.8. The third kappa shape index (κ3) is 7.15. The number of carbonyl (C=O) groups is 2. The standard InChI is InChI=1S/C22H27N3O3.ClH/c1-16-13-18(14-21(26)25-28-15-17-5-3-2-4-6-17)7-8-20(16)22(27)24-19-9-11-23-12-10-19;/h2-6,9-12,16,18,20H,7-8,13-15H2,1H3,(H,25,26)(H,23,24,27);1H. The normalized spacial score (nSPS) is 20.9. The fraction of sp³-hybridized carbons (Fsp3) is 0.409. The molecule has 3 rings (SSSR count). The minimum Gasteiger partial charge on any atom is -0.326 e. The Labute approximate surface area is 177 Å². The molecule has 1 aromatic carbocycles. The second kappa shape index (κ2) is 11.5. The van der Waals surface area contributed by atoms with Crippen LogP contribution in [0.5, 0.6) is 0 Å². The molecule has 6 nitrogen and oxygen atoms in total. The van der Waals surface area contributed by atoms with Crippen LogP contribution in [0, 0.1) is 17.8 Å². The largest absolute Gasteiger partial charge is 0.326 e. The number of benzene rings is 1. The van der Waals surface area contributed by atoms with Gasteiger partial charge in [0, 0.05) is 30.4 Å². The van der Waals surface area contributed by atoms with Gasteiger partial charge in [-0.25, -0.2) is 5.48 Å². The zero-order valence-corrected chi connectivity index (χ0v) is 17.4. The Morgan fingerprint density at radius 3 is 2.52 bits per heavy atom. The van der Waals surface area contributed by atoms with Gasteiger partial charge >= 0.3 is 0 Å². The number of carbonyl (C=O) groups excluding carboxylic acids is 2. The summed E-state index contributed by atoms with van der Waals surface area (Å²) >= 11 is 0. The molecule has 0 aliphatic heterocycles. The van der Waals surface area contributed by atoms with E-state index in [-0.39, 0.29) is 42.0 Å². The molecule has 0 bridgehead atoms. The van der Waals surface area contributed by atoms with Crippen molar-refractivity contribution in [2.75, 3.05) is 5.32 Å². The summed E-state index contributed by atoms with van der Waals surface area (Å²) in [7, 11) is 0. The predicted octanol–water partition coefficient (Wildman–Crippen LogP) is 4.13. The molecule has 2 N–H and O–H groups in total. The Balaban J connectivity index is 0.00000300. The van der Waals surface area contributed by atoms with Gasteiger partial charge in [0.15, 0.2) is 0 Å². The van der Waals surface area contributed by atoms with Gasteiger partial charge in [0.05, 0.1) is 6.61 Å². The number of anilines is 1. The van der Waals surface area contributed by atoms with Crippen LogP contribution in [0.3, 0.4) is 0 Å². The molecular formula is C22H28ClN3O3. The minimum absolute atomic E-state index is 0. The molecule has 0 radical (unpaired) electrons. The average molecular weight is 418 g/mol. The summed E-state index contributed by atoms with van der Waals surface area (Å²) in [5.74, 6) is 0.432. The van der Waals surface area contributed by atoms with Crippen molar-refractivity contribution in [3.8, 4) is 0 Å².